The van der Waals surface area contributed by atoms with Crippen molar-refractivity contribution in [3.05, 3.63) is 192 Å². The van der Waals surface area contributed by atoms with Crippen molar-refractivity contribution in [3.63, 3.8) is 0 Å². The molecule has 7 aromatic carbocycles. The van der Waals surface area contributed by atoms with Crippen molar-refractivity contribution in [2.24, 2.45) is 0 Å². The van der Waals surface area contributed by atoms with Crippen LogP contribution in [-0.4, -0.2) is 9.97 Å². The summed E-state index contributed by atoms with van der Waals surface area (Å²) >= 11 is 1.88. The van der Waals surface area contributed by atoms with E-state index in [1.165, 1.54) is 54.3 Å². The lowest BCUT2D eigenvalue weighted by molar-refractivity contribution is 0.722. The molecule has 8 aromatic rings. The summed E-state index contributed by atoms with van der Waals surface area (Å²) in [5.74, 6) is 0.739. The molecule has 0 radical (unpaired) electrons. The van der Waals surface area contributed by atoms with Gasteiger partial charge in [-0.3, -0.25) is 0 Å². The molecule has 1 aromatic heterocycles. The van der Waals surface area contributed by atoms with Gasteiger partial charge in [0.15, 0.2) is 5.82 Å². The lowest BCUT2D eigenvalue weighted by Crippen LogP contribution is -2.31. The number of hydrogen-bond acceptors (Lipinski definition) is 3. The fourth-order valence-electron chi connectivity index (χ4n) is 7.87. The highest BCUT2D eigenvalue weighted by Crippen LogP contribution is 2.62. The molecule has 0 saturated carbocycles. The van der Waals surface area contributed by atoms with Crippen LogP contribution in [0.5, 0.6) is 0 Å². The van der Waals surface area contributed by atoms with E-state index in [9.17, 15) is 0 Å². The molecule has 3 heteroatoms. The standard InChI is InChI=1S/C45H28N2S/c1-2-12-31(13-3-1)44-46-40-19-9-5-15-35(40)43(47-44)30-24-22-29(23-25-30)32-26-27-34-33-14-4-6-16-36(33)45(39(34)28-32)37-17-7-10-20-41(37)48-42-21-11-8-18-38(42)45/h1-28H. The topological polar surface area (TPSA) is 25.8 Å². The van der Waals surface area contributed by atoms with Crippen molar-refractivity contribution in [1.82, 2.24) is 9.97 Å². The van der Waals surface area contributed by atoms with Gasteiger partial charge in [0.05, 0.1) is 16.6 Å². The molecular weight excluding hydrogens is 601 g/mol. The molecule has 0 fully saturated rings. The Bertz CT molecular complexity index is 2490. The summed E-state index contributed by atoms with van der Waals surface area (Å²) in [6.07, 6.45) is 0. The van der Waals surface area contributed by atoms with Gasteiger partial charge in [0, 0.05) is 26.3 Å². The summed E-state index contributed by atoms with van der Waals surface area (Å²) in [6.45, 7) is 0. The first-order chi connectivity index (χ1) is 23.8. The Morgan fingerprint density at radius 2 is 0.979 bits per heavy atom. The van der Waals surface area contributed by atoms with Gasteiger partial charge in [-0.1, -0.05) is 157 Å². The second kappa shape index (κ2) is 10.6. The third-order valence-electron chi connectivity index (χ3n) is 9.97. The van der Waals surface area contributed by atoms with Crippen LogP contribution in [0.1, 0.15) is 22.3 Å². The number of hydrogen-bond donors (Lipinski definition) is 0. The zero-order valence-electron chi connectivity index (χ0n) is 26.0. The number of aromatic nitrogens is 2. The Balaban J connectivity index is 1.14. The van der Waals surface area contributed by atoms with Crippen LogP contribution in [0, 0.1) is 0 Å². The van der Waals surface area contributed by atoms with Crippen LogP contribution in [0.2, 0.25) is 0 Å². The predicted molar refractivity (Wildman–Crippen MR) is 197 cm³/mol. The molecule has 2 aliphatic rings. The lowest BCUT2D eigenvalue weighted by atomic mass is 9.67. The van der Waals surface area contributed by atoms with Gasteiger partial charge in [-0.05, 0) is 68.8 Å². The van der Waals surface area contributed by atoms with E-state index in [0.29, 0.717) is 0 Å². The number of benzene rings is 7. The fraction of sp³-hybridized carbons (Fsp3) is 0.0222. The lowest BCUT2D eigenvalue weighted by Gasteiger charge is -2.39. The molecule has 1 aliphatic carbocycles. The van der Waals surface area contributed by atoms with Gasteiger partial charge < -0.3 is 0 Å². The Morgan fingerprint density at radius 1 is 0.396 bits per heavy atom. The van der Waals surface area contributed by atoms with E-state index in [2.05, 4.69) is 146 Å². The molecule has 0 amide bonds. The maximum Gasteiger partial charge on any atom is 0.160 e. The van der Waals surface area contributed by atoms with Crippen molar-refractivity contribution < 1.29 is 0 Å². The Hall–Kier alpha value is -5.77. The molecule has 0 atom stereocenters. The molecule has 0 saturated heterocycles. The van der Waals surface area contributed by atoms with Crippen LogP contribution >= 0.6 is 11.8 Å². The summed E-state index contributed by atoms with van der Waals surface area (Å²) in [5, 5.41) is 1.05. The van der Waals surface area contributed by atoms with Crippen LogP contribution in [-0.2, 0) is 5.41 Å². The normalized spacial score (nSPS) is 13.5. The van der Waals surface area contributed by atoms with Crippen LogP contribution in [0.4, 0.5) is 0 Å². The minimum atomic E-state index is -0.381. The first-order valence-electron chi connectivity index (χ1n) is 16.3. The van der Waals surface area contributed by atoms with Crippen LogP contribution in [0.3, 0.4) is 0 Å². The largest absolute Gasteiger partial charge is 0.228 e. The average molecular weight is 629 g/mol. The molecule has 0 bridgehead atoms. The number of para-hydroxylation sites is 1. The van der Waals surface area contributed by atoms with Gasteiger partial charge in [0.1, 0.15) is 0 Å². The van der Waals surface area contributed by atoms with Gasteiger partial charge in [-0.25, -0.2) is 9.97 Å². The van der Waals surface area contributed by atoms with Gasteiger partial charge in [0.25, 0.3) is 0 Å². The highest BCUT2D eigenvalue weighted by molar-refractivity contribution is 7.99. The molecule has 1 spiro atoms. The first-order valence-corrected chi connectivity index (χ1v) is 17.1. The first kappa shape index (κ1) is 27.4. The van der Waals surface area contributed by atoms with E-state index in [1.807, 2.05) is 36.0 Å². The predicted octanol–water partition coefficient (Wildman–Crippen LogP) is 11.5. The zero-order chi connectivity index (χ0) is 31.7. The maximum absolute atomic E-state index is 5.10. The van der Waals surface area contributed by atoms with Crippen LogP contribution in [0.25, 0.3) is 55.8 Å². The van der Waals surface area contributed by atoms with Gasteiger partial charge >= 0.3 is 0 Å². The number of rotatable bonds is 3. The van der Waals surface area contributed by atoms with Crippen molar-refractivity contribution >= 4 is 22.7 Å². The highest BCUT2D eigenvalue weighted by atomic mass is 32.2. The fourth-order valence-corrected chi connectivity index (χ4v) is 9.06. The van der Waals surface area contributed by atoms with Crippen molar-refractivity contribution in [1.29, 1.82) is 0 Å². The van der Waals surface area contributed by atoms with E-state index >= 15 is 0 Å². The molecule has 2 heterocycles. The summed E-state index contributed by atoms with van der Waals surface area (Å²) in [4.78, 5) is 12.6. The minimum Gasteiger partial charge on any atom is -0.228 e. The van der Waals surface area contributed by atoms with Crippen molar-refractivity contribution in [3.8, 4) is 44.9 Å². The second-order valence-corrected chi connectivity index (χ2v) is 13.6. The molecule has 1 aliphatic heterocycles. The second-order valence-electron chi connectivity index (χ2n) is 12.5. The summed E-state index contributed by atoms with van der Waals surface area (Å²) in [6, 6.07) is 61.4. The molecule has 224 valence electrons. The molecule has 0 unspecified atom stereocenters. The van der Waals surface area contributed by atoms with Gasteiger partial charge in [-0.15, -0.1) is 0 Å². The number of nitrogens with zero attached hydrogens (tertiary/aromatic N) is 2. The van der Waals surface area contributed by atoms with Crippen LogP contribution < -0.4 is 0 Å². The summed E-state index contributed by atoms with van der Waals surface area (Å²) in [7, 11) is 0. The maximum atomic E-state index is 5.10. The Morgan fingerprint density at radius 3 is 1.75 bits per heavy atom. The highest BCUT2D eigenvalue weighted by Gasteiger charge is 2.50. The smallest absolute Gasteiger partial charge is 0.160 e. The van der Waals surface area contributed by atoms with E-state index in [4.69, 9.17) is 9.97 Å². The van der Waals surface area contributed by atoms with E-state index in [-0.39, 0.29) is 5.41 Å². The Kier molecular flexibility index (Phi) is 6.06. The van der Waals surface area contributed by atoms with Crippen LogP contribution in [0.15, 0.2) is 180 Å². The van der Waals surface area contributed by atoms with E-state index in [1.54, 1.807) is 0 Å². The average Bonchev–Trinajstić information content (AvgIpc) is 3.45. The molecule has 10 rings (SSSR count). The summed E-state index contributed by atoms with van der Waals surface area (Å²) in [5.41, 5.74) is 14.0. The quantitative estimate of drug-likeness (QED) is 0.195. The molecule has 0 N–H and O–H groups in total. The minimum absolute atomic E-state index is 0.381. The van der Waals surface area contributed by atoms with E-state index < -0.39 is 0 Å². The molecular formula is C45H28N2S. The Labute approximate surface area is 283 Å². The third-order valence-corrected chi connectivity index (χ3v) is 11.1. The zero-order valence-corrected chi connectivity index (χ0v) is 26.8. The van der Waals surface area contributed by atoms with Crippen molar-refractivity contribution in [2.45, 2.75) is 15.2 Å². The monoisotopic (exact) mass is 628 g/mol. The van der Waals surface area contributed by atoms with Crippen molar-refractivity contribution in [2.75, 3.05) is 0 Å². The van der Waals surface area contributed by atoms with Gasteiger partial charge in [0.2, 0.25) is 0 Å². The molecule has 2 nitrogen and oxygen atoms in total. The number of fused-ring (bicyclic) bond motifs is 10. The SMILES string of the molecule is c1ccc(-c2nc(-c3ccc(-c4ccc5c(c4)C4(c6ccccc6Sc6ccccc64)c4ccccc4-5)cc3)c3ccccc3n2)cc1. The summed E-state index contributed by atoms with van der Waals surface area (Å²) < 4.78 is 0. The van der Waals surface area contributed by atoms with E-state index in [0.717, 1.165) is 33.5 Å². The third kappa shape index (κ3) is 3.95. The molecule has 48 heavy (non-hydrogen) atoms. The van der Waals surface area contributed by atoms with Gasteiger partial charge in [-0.2, -0.15) is 0 Å².